The number of carboxylic acids is 1. The molecule has 0 amide bonds. The first-order valence-electron chi connectivity index (χ1n) is 4.94. The van der Waals surface area contributed by atoms with Crippen molar-refractivity contribution in [3.8, 4) is 0 Å². The molecule has 2 N–H and O–H groups in total. The van der Waals surface area contributed by atoms with E-state index in [0.29, 0.717) is 12.4 Å². The summed E-state index contributed by atoms with van der Waals surface area (Å²) in [6.07, 6.45) is 0. The second kappa shape index (κ2) is 4.32. The molecule has 1 aromatic carbocycles. The lowest BCUT2D eigenvalue weighted by molar-refractivity contribution is -0.135. The Morgan fingerprint density at radius 1 is 1.56 bits per heavy atom. The van der Waals surface area contributed by atoms with Crippen molar-refractivity contribution in [1.82, 2.24) is 10.3 Å². The fraction of sp³-hybridized carbons (Fsp3) is 0.273. The molecule has 0 saturated heterocycles. The van der Waals surface area contributed by atoms with Crippen molar-refractivity contribution in [2.75, 3.05) is 6.54 Å². The van der Waals surface area contributed by atoms with E-state index >= 15 is 0 Å². The van der Waals surface area contributed by atoms with Crippen LogP contribution in [0.15, 0.2) is 22.6 Å². The van der Waals surface area contributed by atoms with Crippen LogP contribution in [-0.2, 0) is 11.3 Å². The van der Waals surface area contributed by atoms with Gasteiger partial charge in [0.2, 0.25) is 0 Å². The van der Waals surface area contributed by atoms with Gasteiger partial charge in [-0.3, -0.25) is 4.79 Å². The minimum atomic E-state index is -0.864. The average Bonchev–Trinajstić information content (AvgIpc) is 2.56. The topological polar surface area (TPSA) is 75.4 Å². The van der Waals surface area contributed by atoms with E-state index in [4.69, 9.17) is 9.52 Å². The van der Waals surface area contributed by atoms with Crippen molar-refractivity contribution < 1.29 is 14.3 Å². The van der Waals surface area contributed by atoms with Crippen LogP contribution in [0.5, 0.6) is 0 Å². The molecule has 0 bridgehead atoms. The summed E-state index contributed by atoms with van der Waals surface area (Å²) in [4.78, 5) is 14.5. The number of carboxylic acid groups (broad SMARTS) is 1. The van der Waals surface area contributed by atoms with Crippen LogP contribution in [0.3, 0.4) is 0 Å². The Morgan fingerprint density at radius 2 is 2.38 bits per heavy atom. The van der Waals surface area contributed by atoms with E-state index in [1.54, 1.807) is 6.92 Å². The molecular formula is C11H12N2O3. The van der Waals surface area contributed by atoms with Crippen LogP contribution in [-0.4, -0.2) is 22.6 Å². The number of benzene rings is 1. The molecule has 0 aliphatic carbocycles. The van der Waals surface area contributed by atoms with E-state index < -0.39 is 5.97 Å². The lowest BCUT2D eigenvalue weighted by atomic mass is 10.2. The minimum absolute atomic E-state index is 0.0481. The summed E-state index contributed by atoms with van der Waals surface area (Å²) in [5.41, 5.74) is 2.52. The number of nitrogens with one attached hydrogen (secondary N) is 1. The SMILES string of the molecule is Cc1nc2ccc(CNCC(=O)O)cc2o1. The van der Waals surface area contributed by atoms with Gasteiger partial charge in [0, 0.05) is 13.5 Å². The Balaban J connectivity index is 2.10. The Morgan fingerprint density at radius 3 is 3.12 bits per heavy atom. The number of aryl methyl sites for hydroxylation is 1. The smallest absolute Gasteiger partial charge is 0.317 e. The minimum Gasteiger partial charge on any atom is -0.480 e. The normalized spacial score (nSPS) is 10.8. The number of aliphatic carboxylic acids is 1. The van der Waals surface area contributed by atoms with Gasteiger partial charge in [0.25, 0.3) is 0 Å². The lowest BCUT2D eigenvalue weighted by Crippen LogP contribution is -2.21. The molecule has 1 aromatic heterocycles. The first-order chi connectivity index (χ1) is 7.65. The quantitative estimate of drug-likeness (QED) is 0.812. The van der Waals surface area contributed by atoms with Crippen molar-refractivity contribution in [3.63, 3.8) is 0 Å². The zero-order valence-corrected chi connectivity index (χ0v) is 8.86. The zero-order chi connectivity index (χ0) is 11.5. The van der Waals surface area contributed by atoms with Crippen molar-refractivity contribution >= 4 is 17.1 Å². The molecule has 0 atom stereocenters. The number of aromatic nitrogens is 1. The average molecular weight is 220 g/mol. The van der Waals surface area contributed by atoms with Crippen molar-refractivity contribution in [1.29, 1.82) is 0 Å². The molecule has 5 heteroatoms. The fourth-order valence-corrected chi connectivity index (χ4v) is 1.51. The van der Waals surface area contributed by atoms with Crippen molar-refractivity contribution in [2.24, 2.45) is 0 Å². The van der Waals surface area contributed by atoms with Gasteiger partial charge in [0.05, 0.1) is 6.54 Å². The number of nitrogens with zero attached hydrogens (tertiary/aromatic N) is 1. The van der Waals surface area contributed by atoms with Crippen LogP contribution >= 0.6 is 0 Å². The number of carbonyl (C=O) groups is 1. The number of rotatable bonds is 4. The number of oxazole rings is 1. The Labute approximate surface area is 92.1 Å². The van der Waals surface area contributed by atoms with Crippen LogP contribution in [0.2, 0.25) is 0 Å². The first-order valence-corrected chi connectivity index (χ1v) is 4.94. The highest BCUT2D eigenvalue weighted by Gasteiger charge is 2.03. The fourth-order valence-electron chi connectivity index (χ4n) is 1.51. The summed E-state index contributed by atoms with van der Waals surface area (Å²) in [6, 6.07) is 5.63. The van der Waals surface area contributed by atoms with Gasteiger partial charge in [0.1, 0.15) is 5.52 Å². The molecule has 0 unspecified atom stereocenters. The van der Waals surface area contributed by atoms with Gasteiger partial charge in [-0.25, -0.2) is 4.98 Å². The summed E-state index contributed by atoms with van der Waals surface area (Å²) in [5.74, 6) is -0.234. The zero-order valence-electron chi connectivity index (χ0n) is 8.86. The maximum atomic E-state index is 10.3. The molecule has 1 heterocycles. The van der Waals surface area contributed by atoms with Gasteiger partial charge < -0.3 is 14.8 Å². The van der Waals surface area contributed by atoms with Crippen LogP contribution in [0.25, 0.3) is 11.1 Å². The largest absolute Gasteiger partial charge is 0.480 e. The highest BCUT2D eigenvalue weighted by Crippen LogP contribution is 2.16. The molecule has 2 aromatic rings. The van der Waals surface area contributed by atoms with E-state index in [1.165, 1.54) is 0 Å². The van der Waals surface area contributed by atoms with Crippen LogP contribution < -0.4 is 5.32 Å². The third-order valence-electron chi connectivity index (χ3n) is 2.17. The van der Waals surface area contributed by atoms with Crippen LogP contribution in [0.4, 0.5) is 0 Å². The second-order valence-electron chi connectivity index (χ2n) is 3.53. The molecule has 0 saturated carbocycles. The van der Waals surface area contributed by atoms with Crippen LogP contribution in [0.1, 0.15) is 11.5 Å². The predicted molar refractivity (Wildman–Crippen MR) is 58.1 cm³/mol. The molecule has 0 aliphatic rings. The first kappa shape index (κ1) is 10.6. The number of fused-ring (bicyclic) bond motifs is 1. The molecule has 0 spiro atoms. The highest BCUT2D eigenvalue weighted by atomic mass is 16.4. The van der Waals surface area contributed by atoms with Gasteiger partial charge in [-0.15, -0.1) is 0 Å². The van der Waals surface area contributed by atoms with Gasteiger partial charge >= 0.3 is 5.97 Å². The van der Waals surface area contributed by atoms with Gasteiger partial charge in [-0.05, 0) is 17.7 Å². The monoisotopic (exact) mass is 220 g/mol. The molecule has 16 heavy (non-hydrogen) atoms. The molecular weight excluding hydrogens is 208 g/mol. The summed E-state index contributed by atoms with van der Waals surface area (Å²) in [6.45, 7) is 2.25. The summed E-state index contributed by atoms with van der Waals surface area (Å²) in [7, 11) is 0. The van der Waals surface area contributed by atoms with Crippen LogP contribution in [0, 0.1) is 6.92 Å². The summed E-state index contributed by atoms with van der Waals surface area (Å²) < 4.78 is 5.38. The van der Waals surface area contributed by atoms with Crippen molar-refractivity contribution in [3.05, 3.63) is 29.7 Å². The maximum Gasteiger partial charge on any atom is 0.317 e. The standard InChI is InChI=1S/C11H12N2O3/c1-7-13-9-3-2-8(4-10(9)16-7)5-12-6-11(14)15/h2-4,12H,5-6H2,1H3,(H,14,15). The Hall–Kier alpha value is -1.88. The maximum absolute atomic E-state index is 10.3. The molecule has 84 valence electrons. The second-order valence-corrected chi connectivity index (χ2v) is 3.53. The number of hydrogen-bond donors (Lipinski definition) is 2. The van der Waals surface area contributed by atoms with Gasteiger partial charge in [-0.2, -0.15) is 0 Å². The van der Waals surface area contributed by atoms with Gasteiger partial charge in [0.15, 0.2) is 11.5 Å². The van der Waals surface area contributed by atoms with E-state index in [9.17, 15) is 4.79 Å². The third kappa shape index (κ3) is 2.38. The van der Waals surface area contributed by atoms with Crippen molar-refractivity contribution in [2.45, 2.75) is 13.5 Å². The third-order valence-corrected chi connectivity index (χ3v) is 2.17. The summed E-state index contributed by atoms with van der Waals surface area (Å²) in [5, 5.41) is 11.3. The Kier molecular flexibility index (Phi) is 2.87. The predicted octanol–water partition coefficient (Wildman–Crippen LogP) is 1.31. The van der Waals surface area contributed by atoms with E-state index in [0.717, 1.165) is 16.7 Å². The number of hydrogen-bond acceptors (Lipinski definition) is 4. The molecule has 2 rings (SSSR count). The van der Waals surface area contributed by atoms with Gasteiger partial charge in [-0.1, -0.05) is 6.07 Å². The van der Waals surface area contributed by atoms with E-state index in [1.807, 2.05) is 18.2 Å². The summed E-state index contributed by atoms with van der Waals surface area (Å²) >= 11 is 0. The highest BCUT2D eigenvalue weighted by molar-refractivity contribution is 5.73. The molecule has 5 nitrogen and oxygen atoms in total. The van der Waals surface area contributed by atoms with E-state index in [-0.39, 0.29) is 6.54 Å². The Bertz CT molecular complexity index is 519. The molecule has 0 radical (unpaired) electrons. The van der Waals surface area contributed by atoms with E-state index in [2.05, 4.69) is 10.3 Å². The molecule has 0 fully saturated rings. The molecule has 0 aliphatic heterocycles. The lowest BCUT2D eigenvalue weighted by Gasteiger charge is -2.01.